The Hall–Kier alpha value is -5.16. The minimum atomic E-state index is -0.463. The minimum Gasteiger partial charge on any atom is -0.457 e. The summed E-state index contributed by atoms with van der Waals surface area (Å²) in [4.78, 5) is 13.4. The molecular formula is C36H29FN2O2. The van der Waals surface area contributed by atoms with E-state index in [0.717, 1.165) is 27.8 Å². The van der Waals surface area contributed by atoms with Gasteiger partial charge in [-0.15, -0.1) is 0 Å². The zero-order valence-corrected chi connectivity index (χ0v) is 22.4. The van der Waals surface area contributed by atoms with Crippen LogP contribution in [0.5, 0.6) is 11.5 Å². The van der Waals surface area contributed by atoms with Crippen molar-refractivity contribution in [2.75, 3.05) is 5.32 Å². The standard InChI is InChI=1S/C36H29FN2O2/c37-33-19-8-9-20-34(33)38-36(40)23-31(27-14-11-17-29(22-27)41-28-15-5-2-6-16-28)32-25-39(24-26-12-3-1-4-13-26)35-21-10-7-18-30(32)35/h1-22,25,31H,23-24H2,(H,38,40). The van der Waals surface area contributed by atoms with Crippen LogP contribution < -0.4 is 10.1 Å². The molecule has 1 atom stereocenters. The number of para-hydroxylation sites is 3. The molecule has 0 bridgehead atoms. The van der Waals surface area contributed by atoms with Gasteiger partial charge in [0.15, 0.2) is 0 Å². The van der Waals surface area contributed by atoms with Crippen LogP contribution in [0.3, 0.4) is 0 Å². The fourth-order valence-corrected chi connectivity index (χ4v) is 5.24. The maximum atomic E-state index is 14.4. The van der Waals surface area contributed by atoms with Crippen molar-refractivity contribution in [1.82, 2.24) is 4.57 Å². The van der Waals surface area contributed by atoms with Gasteiger partial charge in [-0.25, -0.2) is 4.39 Å². The zero-order chi connectivity index (χ0) is 28.0. The average Bonchev–Trinajstić information content (AvgIpc) is 3.36. The van der Waals surface area contributed by atoms with Gasteiger partial charge in [0.05, 0.1) is 5.69 Å². The quantitative estimate of drug-likeness (QED) is 0.199. The van der Waals surface area contributed by atoms with E-state index in [1.165, 1.54) is 11.6 Å². The number of fused-ring (bicyclic) bond motifs is 1. The van der Waals surface area contributed by atoms with E-state index >= 15 is 0 Å². The van der Waals surface area contributed by atoms with Crippen LogP contribution >= 0.6 is 0 Å². The lowest BCUT2D eigenvalue weighted by Crippen LogP contribution is -2.17. The first-order chi connectivity index (χ1) is 20.1. The summed E-state index contributed by atoms with van der Waals surface area (Å²) in [6.07, 6.45) is 2.27. The number of nitrogens with zero attached hydrogens (tertiary/aromatic N) is 1. The van der Waals surface area contributed by atoms with E-state index < -0.39 is 5.82 Å². The molecule has 0 radical (unpaired) electrons. The Morgan fingerprint density at radius 3 is 2.24 bits per heavy atom. The first kappa shape index (κ1) is 26.1. The lowest BCUT2D eigenvalue weighted by Gasteiger charge is -2.18. The predicted octanol–water partition coefficient (Wildman–Crippen LogP) is 8.78. The Labute approximate surface area is 238 Å². The second kappa shape index (κ2) is 11.9. The summed E-state index contributed by atoms with van der Waals surface area (Å²) in [5.41, 5.74) is 4.40. The molecule has 1 aromatic heterocycles. The average molecular weight is 541 g/mol. The first-order valence-electron chi connectivity index (χ1n) is 13.6. The molecule has 6 rings (SSSR count). The Balaban J connectivity index is 1.40. The van der Waals surface area contributed by atoms with Crippen molar-refractivity contribution in [3.8, 4) is 11.5 Å². The topological polar surface area (TPSA) is 43.3 Å². The van der Waals surface area contributed by atoms with Crippen molar-refractivity contribution < 1.29 is 13.9 Å². The van der Waals surface area contributed by atoms with Crippen molar-refractivity contribution >= 4 is 22.5 Å². The second-order valence-electron chi connectivity index (χ2n) is 9.99. The molecule has 0 aliphatic heterocycles. The summed E-state index contributed by atoms with van der Waals surface area (Å²) in [5, 5.41) is 3.85. The number of anilines is 1. The van der Waals surface area contributed by atoms with Crippen LogP contribution in [0.4, 0.5) is 10.1 Å². The molecule has 4 nitrogen and oxygen atoms in total. The number of carbonyl (C=O) groups excluding carboxylic acids is 1. The Morgan fingerprint density at radius 1 is 0.756 bits per heavy atom. The maximum Gasteiger partial charge on any atom is 0.225 e. The van der Waals surface area contributed by atoms with Crippen LogP contribution in [0.15, 0.2) is 140 Å². The fraction of sp³-hybridized carbons (Fsp3) is 0.0833. The third-order valence-corrected chi connectivity index (χ3v) is 7.17. The third kappa shape index (κ3) is 6.04. The van der Waals surface area contributed by atoms with Gasteiger partial charge in [0.1, 0.15) is 17.3 Å². The summed E-state index contributed by atoms with van der Waals surface area (Å²) in [6.45, 7) is 0.701. The fourth-order valence-electron chi connectivity index (χ4n) is 5.24. The normalized spacial score (nSPS) is 11.7. The number of amides is 1. The molecule has 0 saturated heterocycles. The van der Waals surface area contributed by atoms with Gasteiger partial charge in [0.25, 0.3) is 0 Å². The summed E-state index contributed by atoms with van der Waals surface area (Å²) < 4.78 is 22.7. The van der Waals surface area contributed by atoms with E-state index in [9.17, 15) is 9.18 Å². The van der Waals surface area contributed by atoms with Crippen LogP contribution in [-0.2, 0) is 11.3 Å². The molecule has 0 aliphatic rings. The van der Waals surface area contributed by atoms with Crippen LogP contribution in [0.2, 0.25) is 0 Å². The molecule has 1 N–H and O–H groups in total. The lowest BCUT2D eigenvalue weighted by atomic mass is 9.88. The molecule has 6 aromatic rings. The van der Waals surface area contributed by atoms with Gasteiger partial charge in [-0.05, 0) is 59.2 Å². The number of hydrogen-bond acceptors (Lipinski definition) is 2. The minimum absolute atomic E-state index is 0.127. The van der Waals surface area contributed by atoms with E-state index in [1.54, 1.807) is 18.2 Å². The Morgan fingerprint density at radius 2 is 1.44 bits per heavy atom. The Bertz CT molecular complexity index is 1780. The molecule has 202 valence electrons. The monoisotopic (exact) mass is 540 g/mol. The number of benzene rings is 5. The van der Waals surface area contributed by atoms with Gasteiger partial charge >= 0.3 is 0 Å². The van der Waals surface area contributed by atoms with E-state index in [0.29, 0.717) is 12.3 Å². The van der Waals surface area contributed by atoms with E-state index in [-0.39, 0.29) is 23.9 Å². The SMILES string of the molecule is O=C(CC(c1cccc(Oc2ccccc2)c1)c1cn(Cc2ccccc2)c2ccccc12)Nc1ccccc1F. The molecule has 0 spiro atoms. The van der Waals surface area contributed by atoms with Crippen LogP contribution in [0.25, 0.3) is 10.9 Å². The van der Waals surface area contributed by atoms with E-state index in [4.69, 9.17) is 4.74 Å². The molecule has 0 aliphatic carbocycles. The highest BCUT2D eigenvalue weighted by Crippen LogP contribution is 2.37. The summed E-state index contributed by atoms with van der Waals surface area (Å²) in [6, 6.07) is 42.2. The van der Waals surface area contributed by atoms with Crippen LogP contribution in [0, 0.1) is 5.82 Å². The lowest BCUT2D eigenvalue weighted by molar-refractivity contribution is -0.116. The summed E-state index contributed by atoms with van der Waals surface area (Å²) in [5.74, 6) is 0.381. The van der Waals surface area contributed by atoms with Gasteiger partial charge in [-0.1, -0.05) is 91.0 Å². The van der Waals surface area contributed by atoms with Gasteiger partial charge in [0.2, 0.25) is 5.91 Å². The van der Waals surface area contributed by atoms with Gasteiger partial charge in [-0.3, -0.25) is 4.79 Å². The van der Waals surface area contributed by atoms with Crippen molar-refractivity contribution in [2.24, 2.45) is 0 Å². The number of nitrogens with one attached hydrogen (secondary N) is 1. The van der Waals surface area contributed by atoms with Gasteiger partial charge in [0, 0.05) is 36.0 Å². The highest BCUT2D eigenvalue weighted by molar-refractivity contribution is 5.93. The molecule has 41 heavy (non-hydrogen) atoms. The van der Waals surface area contributed by atoms with Crippen LogP contribution in [-0.4, -0.2) is 10.5 Å². The maximum absolute atomic E-state index is 14.4. The third-order valence-electron chi connectivity index (χ3n) is 7.17. The number of rotatable bonds is 9. The zero-order valence-electron chi connectivity index (χ0n) is 22.4. The second-order valence-corrected chi connectivity index (χ2v) is 9.99. The number of hydrogen-bond donors (Lipinski definition) is 1. The summed E-state index contributed by atoms with van der Waals surface area (Å²) in [7, 11) is 0. The number of halogens is 1. The Kier molecular flexibility index (Phi) is 7.59. The molecular weight excluding hydrogens is 511 g/mol. The van der Waals surface area contributed by atoms with E-state index in [2.05, 4.69) is 40.3 Å². The highest BCUT2D eigenvalue weighted by Gasteiger charge is 2.24. The molecule has 1 amide bonds. The highest BCUT2D eigenvalue weighted by atomic mass is 19.1. The molecule has 0 saturated carbocycles. The number of ether oxygens (including phenoxy) is 1. The van der Waals surface area contributed by atoms with Crippen LogP contribution in [0.1, 0.15) is 29.0 Å². The molecule has 5 aromatic carbocycles. The number of aromatic nitrogens is 1. The van der Waals surface area contributed by atoms with E-state index in [1.807, 2.05) is 84.9 Å². The van der Waals surface area contributed by atoms with Crippen molar-refractivity contribution in [3.63, 3.8) is 0 Å². The summed E-state index contributed by atoms with van der Waals surface area (Å²) >= 11 is 0. The van der Waals surface area contributed by atoms with Crippen molar-refractivity contribution in [1.29, 1.82) is 0 Å². The molecule has 5 heteroatoms. The largest absolute Gasteiger partial charge is 0.457 e. The predicted molar refractivity (Wildman–Crippen MR) is 162 cm³/mol. The number of carbonyl (C=O) groups is 1. The van der Waals surface area contributed by atoms with Crippen molar-refractivity contribution in [3.05, 3.63) is 162 Å². The molecule has 1 heterocycles. The van der Waals surface area contributed by atoms with Gasteiger partial charge < -0.3 is 14.6 Å². The van der Waals surface area contributed by atoms with Gasteiger partial charge in [-0.2, -0.15) is 0 Å². The molecule has 0 fully saturated rings. The smallest absolute Gasteiger partial charge is 0.225 e. The molecule has 1 unspecified atom stereocenters. The van der Waals surface area contributed by atoms with Crippen molar-refractivity contribution in [2.45, 2.75) is 18.9 Å². The first-order valence-corrected chi connectivity index (χ1v) is 13.6.